The van der Waals surface area contributed by atoms with Gasteiger partial charge in [0, 0.05) is 39.4 Å². The number of rotatable bonds is 7. The number of esters is 1. The van der Waals surface area contributed by atoms with Gasteiger partial charge >= 0.3 is 5.97 Å². The van der Waals surface area contributed by atoms with E-state index in [-0.39, 0.29) is 11.9 Å². The van der Waals surface area contributed by atoms with Gasteiger partial charge in [0.15, 0.2) is 5.96 Å². The van der Waals surface area contributed by atoms with Crippen molar-refractivity contribution in [3.05, 3.63) is 18.0 Å². The molecule has 7 heteroatoms. The van der Waals surface area contributed by atoms with Crippen LogP contribution < -0.4 is 5.32 Å². The monoisotopic (exact) mass is 349 g/mol. The van der Waals surface area contributed by atoms with Crippen molar-refractivity contribution >= 4 is 11.9 Å². The van der Waals surface area contributed by atoms with Gasteiger partial charge in [0.1, 0.15) is 0 Å². The molecular weight excluding hydrogens is 318 g/mol. The van der Waals surface area contributed by atoms with E-state index in [2.05, 4.69) is 22.2 Å². The smallest absolute Gasteiger partial charge is 0.310 e. The Bertz CT molecular complexity index is 570. The molecule has 1 saturated heterocycles. The normalized spacial score (nSPS) is 18.3. The molecule has 140 valence electrons. The molecule has 0 aromatic carbocycles. The van der Waals surface area contributed by atoms with Crippen LogP contribution in [0.4, 0.5) is 0 Å². The minimum Gasteiger partial charge on any atom is -0.466 e. The van der Waals surface area contributed by atoms with Crippen molar-refractivity contribution in [3.8, 4) is 0 Å². The minimum absolute atomic E-state index is 0.0482. The highest BCUT2D eigenvalue weighted by Crippen LogP contribution is 2.18. The Morgan fingerprint density at radius 1 is 1.48 bits per heavy atom. The summed E-state index contributed by atoms with van der Waals surface area (Å²) in [6.45, 7) is 7.57. The number of hydrogen-bond donors (Lipinski definition) is 1. The summed E-state index contributed by atoms with van der Waals surface area (Å²) in [7, 11) is 1.93. The fraction of sp³-hybridized carbons (Fsp3) is 0.722. The van der Waals surface area contributed by atoms with Crippen LogP contribution in [0.5, 0.6) is 0 Å². The molecule has 1 aliphatic heterocycles. The van der Waals surface area contributed by atoms with Gasteiger partial charge in [-0.1, -0.05) is 0 Å². The van der Waals surface area contributed by atoms with Crippen LogP contribution in [0.25, 0.3) is 0 Å². The van der Waals surface area contributed by atoms with Crippen molar-refractivity contribution in [2.45, 2.75) is 39.5 Å². The highest BCUT2D eigenvalue weighted by Gasteiger charge is 2.28. The maximum Gasteiger partial charge on any atom is 0.310 e. The zero-order chi connectivity index (χ0) is 18.1. The lowest BCUT2D eigenvalue weighted by atomic mass is 9.98. The Labute approximate surface area is 150 Å². The number of likely N-dealkylation sites (tertiary alicyclic amines) is 1. The summed E-state index contributed by atoms with van der Waals surface area (Å²) >= 11 is 0. The maximum absolute atomic E-state index is 12.0. The van der Waals surface area contributed by atoms with E-state index >= 15 is 0 Å². The number of hydrogen-bond acceptors (Lipinski definition) is 4. The van der Waals surface area contributed by atoms with E-state index in [0.29, 0.717) is 13.2 Å². The average molecular weight is 349 g/mol. The fourth-order valence-corrected chi connectivity index (χ4v) is 3.12. The highest BCUT2D eigenvalue weighted by atomic mass is 16.5. The van der Waals surface area contributed by atoms with Crippen molar-refractivity contribution in [3.63, 3.8) is 0 Å². The predicted octanol–water partition coefficient (Wildman–Crippen LogP) is 1.59. The van der Waals surface area contributed by atoms with Crippen LogP contribution in [0.3, 0.4) is 0 Å². The maximum atomic E-state index is 12.0. The van der Waals surface area contributed by atoms with E-state index in [0.717, 1.165) is 51.3 Å². The third-order valence-electron chi connectivity index (χ3n) is 4.32. The molecule has 0 saturated carbocycles. The van der Waals surface area contributed by atoms with Gasteiger partial charge in [-0.25, -0.2) is 0 Å². The first kappa shape index (κ1) is 19.3. The summed E-state index contributed by atoms with van der Waals surface area (Å²) in [6.07, 6.45) is 7.80. The number of carbonyl (C=O) groups is 1. The Morgan fingerprint density at radius 2 is 2.32 bits per heavy atom. The average Bonchev–Trinajstić information content (AvgIpc) is 3.03. The molecule has 0 spiro atoms. The Morgan fingerprint density at radius 3 is 3.00 bits per heavy atom. The van der Waals surface area contributed by atoms with Gasteiger partial charge in [0.25, 0.3) is 0 Å². The largest absolute Gasteiger partial charge is 0.466 e. The lowest BCUT2D eigenvalue weighted by Crippen LogP contribution is -2.48. The fourth-order valence-electron chi connectivity index (χ4n) is 3.12. The minimum atomic E-state index is -0.0837. The van der Waals surface area contributed by atoms with E-state index in [9.17, 15) is 4.79 Å². The number of piperidine rings is 1. The zero-order valence-electron chi connectivity index (χ0n) is 15.7. The number of aliphatic imine (C=N–C) groups is 1. The summed E-state index contributed by atoms with van der Waals surface area (Å²) in [4.78, 5) is 19.0. The van der Waals surface area contributed by atoms with E-state index in [1.165, 1.54) is 5.56 Å². The molecule has 1 aromatic rings. The molecule has 2 heterocycles. The first-order valence-electron chi connectivity index (χ1n) is 9.31. The molecule has 0 aliphatic carbocycles. The molecule has 1 fully saturated rings. The third kappa shape index (κ3) is 6.07. The Kier molecular flexibility index (Phi) is 7.76. The SMILES string of the molecule is CCNC(=NCCCc1cnn(C)c1)N1CCCC(C(=O)OCC)C1. The van der Waals surface area contributed by atoms with Crippen LogP contribution in [0.2, 0.25) is 0 Å². The molecule has 1 unspecified atom stereocenters. The van der Waals surface area contributed by atoms with Crippen molar-refractivity contribution in [2.75, 3.05) is 32.8 Å². The number of carbonyl (C=O) groups excluding carboxylic acids is 1. The number of aryl methyl sites for hydroxylation is 2. The van der Waals surface area contributed by atoms with E-state index in [1.54, 1.807) is 0 Å². The van der Waals surface area contributed by atoms with E-state index < -0.39 is 0 Å². The lowest BCUT2D eigenvalue weighted by Gasteiger charge is -2.34. The topological polar surface area (TPSA) is 71.8 Å². The number of guanidine groups is 1. The number of aromatic nitrogens is 2. The first-order valence-corrected chi connectivity index (χ1v) is 9.31. The Hall–Kier alpha value is -2.05. The summed E-state index contributed by atoms with van der Waals surface area (Å²) < 4.78 is 7.01. The van der Waals surface area contributed by atoms with Gasteiger partial charge in [-0.3, -0.25) is 14.5 Å². The molecule has 0 bridgehead atoms. The Balaban J connectivity index is 1.88. The quantitative estimate of drug-likeness (QED) is 0.350. The molecule has 7 nitrogen and oxygen atoms in total. The molecular formula is C18H31N5O2. The number of ether oxygens (including phenoxy) is 1. The van der Waals surface area contributed by atoms with Crippen LogP contribution in [0.1, 0.15) is 38.7 Å². The van der Waals surface area contributed by atoms with E-state index in [4.69, 9.17) is 9.73 Å². The van der Waals surface area contributed by atoms with Crippen molar-refractivity contribution < 1.29 is 9.53 Å². The van der Waals surface area contributed by atoms with Gasteiger partial charge in [-0.15, -0.1) is 0 Å². The highest BCUT2D eigenvalue weighted by molar-refractivity contribution is 5.81. The molecule has 2 rings (SSSR count). The van der Waals surface area contributed by atoms with Gasteiger partial charge in [-0.05, 0) is 45.1 Å². The van der Waals surface area contributed by atoms with Gasteiger partial charge in [0.2, 0.25) is 0 Å². The van der Waals surface area contributed by atoms with Crippen LogP contribution >= 0.6 is 0 Å². The predicted molar refractivity (Wildman–Crippen MR) is 98.4 cm³/mol. The molecule has 25 heavy (non-hydrogen) atoms. The van der Waals surface area contributed by atoms with Crippen LogP contribution in [0, 0.1) is 5.92 Å². The molecule has 0 amide bonds. The number of nitrogens with one attached hydrogen (secondary N) is 1. The van der Waals surface area contributed by atoms with Crippen LogP contribution in [0.15, 0.2) is 17.4 Å². The van der Waals surface area contributed by atoms with Gasteiger partial charge in [0.05, 0.1) is 18.7 Å². The standard InChI is InChI=1S/C18H31N5O2/c1-4-19-18(20-10-6-8-15-12-21-22(3)13-15)23-11-7-9-16(14-23)17(24)25-5-2/h12-13,16H,4-11,14H2,1-3H3,(H,19,20). The van der Waals surface area contributed by atoms with Crippen molar-refractivity contribution in [2.24, 2.45) is 18.0 Å². The molecule has 1 aromatic heterocycles. The van der Waals surface area contributed by atoms with E-state index in [1.807, 2.05) is 31.0 Å². The molecule has 1 aliphatic rings. The van der Waals surface area contributed by atoms with Crippen molar-refractivity contribution in [1.82, 2.24) is 20.0 Å². The number of nitrogens with zero attached hydrogens (tertiary/aromatic N) is 4. The third-order valence-corrected chi connectivity index (χ3v) is 4.32. The lowest BCUT2D eigenvalue weighted by molar-refractivity contribution is -0.149. The first-order chi connectivity index (χ1) is 12.1. The molecule has 0 radical (unpaired) electrons. The summed E-state index contributed by atoms with van der Waals surface area (Å²) in [5.74, 6) is 0.773. The van der Waals surface area contributed by atoms with Crippen LogP contribution in [-0.2, 0) is 23.0 Å². The molecule has 1 atom stereocenters. The van der Waals surface area contributed by atoms with Crippen LogP contribution in [-0.4, -0.2) is 59.4 Å². The second-order valence-corrected chi connectivity index (χ2v) is 6.40. The van der Waals surface area contributed by atoms with Gasteiger partial charge < -0.3 is 15.0 Å². The molecule has 1 N–H and O–H groups in total. The summed E-state index contributed by atoms with van der Waals surface area (Å²) in [6, 6.07) is 0. The zero-order valence-corrected chi connectivity index (χ0v) is 15.7. The van der Waals surface area contributed by atoms with Gasteiger partial charge in [-0.2, -0.15) is 5.10 Å². The second kappa shape index (κ2) is 10.1. The van der Waals surface area contributed by atoms with Crippen molar-refractivity contribution in [1.29, 1.82) is 0 Å². The summed E-state index contributed by atoms with van der Waals surface area (Å²) in [5, 5.41) is 7.54. The summed E-state index contributed by atoms with van der Waals surface area (Å²) in [5.41, 5.74) is 1.24. The second-order valence-electron chi connectivity index (χ2n) is 6.40.